The van der Waals surface area contributed by atoms with Crippen LogP contribution in [0.5, 0.6) is 5.75 Å². The van der Waals surface area contributed by atoms with Crippen LogP contribution in [0.25, 0.3) is 11.4 Å². The molecule has 26 heavy (non-hydrogen) atoms. The van der Waals surface area contributed by atoms with Crippen LogP contribution in [0.4, 0.5) is 5.82 Å². The number of hydrogen-bond acceptors (Lipinski definition) is 8. The van der Waals surface area contributed by atoms with E-state index in [-0.39, 0.29) is 12.4 Å². The van der Waals surface area contributed by atoms with E-state index < -0.39 is 6.10 Å². The monoisotopic (exact) mass is 419 g/mol. The quantitative estimate of drug-likeness (QED) is 0.646. The molecule has 2 aromatic heterocycles. The number of halogens is 1. The summed E-state index contributed by atoms with van der Waals surface area (Å²) in [6.07, 6.45) is 1.11. The van der Waals surface area contributed by atoms with E-state index in [1.165, 1.54) is 0 Å². The van der Waals surface area contributed by atoms with E-state index in [1.54, 1.807) is 13.3 Å². The third-order valence-corrected chi connectivity index (χ3v) is 4.18. The van der Waals surface area contributed by atoms with Gasteiger partial charge in [0.2, 0.25) is 5.82 Å². The van der Waals surface area contributed by atoms with Gasteiger partial charge >= 0.3 is 0 Å². The number of anilines is 1. The third-order valence-electron chi connectivity index (χ3n) is 3.56. The van der Waals surface area contributed by atoms with Gasteiger partial charge in [0, 0.05) is 13.3 Å². The van der Waals surface area contributed by atoms with Crippen LogP contribution in [0.15, 0.2) is 33.4 Å². The van der Waals surface area contributed by atoms with Gasteiger partial charge in [-0.1, -0.05) is 11.2 Å². The van der Waals surface area contributed by atoms with Crippen LogP contribution in [0, 0.1) is 6.92 Å². The van der Waals surface area contributed by atoms with Crippen molar-refractivity contribution in [3.05, 3.63) is 46.1 Å². The smallest absolute Gasteiger partial charge is 0.267 e. The molecular formula is C17H18BrN5O3. The zero-order chi connectivity index (χ0) is 18.7. The molecule has 1 aromatic carbocycles. The maximum absolute atomic E-state index is 5.96. The van der Waals surface area contributed by atoms with Crippen molar-refractivity contribution < 1.29 is 14.0 Å². The van der Waals surface area contributed by atoms with Gasteiger partial charge in [0.05, 0.1) is 10.0 Å². The number of nitrogens with two attached hydrogens (primary N) is 1. The molecule has 8 nitrogen and oxygen atoms in total. The highest BCUT2D eigenvalue weighted by Crippen LogP contribution is 2.30. The van der Waals surface area contributed by atoms with Gasteiger partial charge < -0.3 is 19.7 Å². The minimum atomic E-state index is -0.440. The zero-order valence-electron chi connectivity index (χ0n) is 14.6. The second-order valence-electron chi connectivity index (χ2n) is 5.67. The highest BCUT2D eigenvalue weighted by Gasteiger charge is 2.20. The molecule has 0 unspecified atom stereocenters. The Morgan fingerprint density at radius 3 is 2.81 bits per heavy atom. The van der Waals surface area contributed by atoms with Gasteiger partial charge in [-0.05, 0) is 47.5 Å². The molecule has 0 saturated heterocycles. The van der Waals surface area contributed by atoms with Crippen molar-refractivity contribution in [2.24, 2.45) is 0 Å². The maximum Gasteiger partial charge on any atom is 0.267 e. The first-order valence-corrected chi connectivity index (χ1v) is 8.64. The molecule has 3 aromatic rings. The molecule has 0 bridgehead atoms. The fraction of sp³-hybridized carbons (Fsp3) is 0.294. The molecule has 0 aliphatic heterocycles. The van der Waals surface area contributed by atoms with E-state index in [2.05, 4.69) is 36.0 Å². The van der Waals surface area contributed by atoms with Crippen LogP contribution in [0.1, 0.15) is 30.3 Å². The SMILES string of the molecule is COCc1ncc(-c2noc([C@H](C)Oc3ccc(C)cc3Br)n2)c(N)n1. The Hall–Kier alpha value is -2.52. The molecule has 0 spiro atoms. The number of aryl methyl sites for hydroxylation is 1. The van der Waals surface area contributed by atoms with Crippen molar-refractivity contribution in [3.63, 3.8) is 0 Å². The van der Waals surface area contributed by atoms with Crippen LogP contribution in [0.2, 0.25) is 0 Å². The van der Waals surface area contributed by atoms with E-state index in [0.717, 1.165) is 10.0 Å². The lowest BCUT2D eigenvalue weighted by molar-refractivity contribution is 0.174. The number of benzene rings is 1. The Labute approximate surface area is 158 Å². The van der Waals surface area contributed by atoms with Crippen molar-refractivity contribution in [2.75, 3.05) is 12.8 Å². The minimum absolute atomic E-state index is 0.259. The predicted molar refractivity (Wildman–Crippen MR) is 98.4 cm³/mol. The molecule has 9 heteroatoms. The molecule has 0 fully saturated rings. The van der Waals surface area contributed by atoms with E-state index in [4.69, 9.17) is 19.7 Å². The zero-order valence-corrected chi connectivity index (χ0v) is 16.1. The van der Waals surface area contributed by atoms with Gasteiger partial charge in [-0.15, -0.1) is 0 Å². The maximum atomic E-state index is 5.96. The van der Waals surface area contributed by atoms with Crippen LogP contribution in [-0.2, 0) is 11.3 Å². The first-order valence-electron chi connectivity index (χ1n) is 7.85. The molecule has 0 saturated carbocycles. The van der Waals surface area contributed by atoms with Crippen molar-refractivity contribution in [1.29, 1.82) is 0 Å². The lowest BCUT2D eigenvalue weighted by atomic mass is 10.2. The lowest BCUT2D eigenvalue weighted by Gasteiger charge is -2.12. The molecule has 2 heterocycles. The molecule has 2 N–H and O–H groups in total. The van der Waals surface area contributed by atoms with Gasteiger partial charge in [-0.3, -0.25) is 0 Å². The first kappa shape index (κ1) is 18.3. The van der Waals surface area contributed by atoms with Crippen LogP contribution >= 0.6 is 15.9 Å². The Morgan fingerprint density at radius 1 is 1.31 bits per heavy atom. The number of hydrogen-bond donors (Lipinski definition) is 1. The highest BCUT2D eigenvalue weighted by atomic mass is 79.9. The molecule has 3 rings (SSSR count). The standard InChI is InChI=1S/C17H18BrN5O3/c1-9-4-5-13(12(18)6-9)25-10(2)17-22-16(23-26-17)11-7-20-14(8-24-3)21-15(11)19/h4-7,10H,8H2,1-3H3,(H2,19,20,21)/t10-/m0/s1. The fourth-order valence-electron chi connectivity index (χ4n) is 2.26. The van der Waals surface area contributed by atoms with Gasteiger partial charge in [-0.2, -0.15) is 4.98 Å². The van der Waals surface area contributed by atoms with Crippen LogP contribution in [0.3, 0.4) is 0 Å². The summed E-state index contributed by atoms with van der Waals surface area (Å²) in [5, 5.41) is 3.95. The number of rotatable bonds is 6. The summed E-state index contributed by atoms with van der Waals surface area (Å²) in [5.41, 5.74) is 7.58. The first-order chi connectivity index (χ1) is 12.5. The number of ether oxygens (including phenoxy) is 2. The summed E-state index contributed by atoms with van der Waals surface area (Å²) in [5.74, 6) is 2.06. The van der Waals surface area contributed by atoms with E-state index in [9.17, 15) is 0 Å². The molecular weight excluding hydrogens is 402 g/mol. The second-order valence-corrected chi connectivity index (χ2v) is 6.52. The number of nitrogens with zero attached hydrogens (tertiary/aromatic N) is 4. The number of nitrogen functional groups attached to an aromatic ring is 1. The second kappa shape index (κ2) is 7.79. The Balaban J connectivity index is 1.78. The minimum Gasteiger partial charge on any atom is -0.480 e. The molecule has 1 atom stereocenters. The molecule has 0 radical (unpaired) electrons. The Morgan fingerprint density at radius 2 is 2.12 bits per heavy atom. The summed E-state index contributed by atoms with van der Waals surface area (Å²) in [4.78, 5) is 12.7. The Bertz CT molecular complexity index is 915. The average molecular weight is 420 g/mol. The van der Waals surface area contributed by atoms with Gasteiger partial charge in [0.1, 0.15) is 18.2 Å². The predicted octanol–water partition coefficient (Wildman–Crippen LogP) is 3.47. The molecule has 136 valence electrons. The van der Waals surface area contributed by atoms with Crippen molar-refractivity contribution >= 4 is 21.7 Å². The van der Waals surface area contributed by atoms with Gasteiger partial charge in [-0.25, -0.2) is 9.97 Å². The Kier molecular flexibility index (Phi) is 5.48. The van der Waals surface area contributed by atoms with E-state index in [0.29, 0.717) is 28.9 Å². The number of methoxy groups -OCH3 is 1. The third kappa shape index (κ3) is 4.00. The summed E-state index contributed by atoms with van der Waals surface area (Å²) in [6, 6.07) is 5.82. The van der Waals surface area contributed by atoms with Gasteiger partial charge in [0.15, 0.2) is 11.9 Å². The summed E-state index contributed by atoms with van der Waals surface area (Å²) < 4.78 is 17.1. The number of aromatic nitrogens is 4. The van der Waals surface area contributed by atoms with E-state index in [1.807, 2.05) is 32.0 Å². The summed E-state index contributed by atoms with van der Waals surface area (Å²) in [6.45, 7) is 4.11. The van der Waals surface area contributed by atoms with Crippen molar-refractivity contribution in [3.8, 4) is 17.1 Å². The largest absolute Gasteiger partial charge is 0.480 e. The normalized spacial score (nSPS) is 12.2. The topological polar surface area (TPSA) is 109 Å². The van der Waals surface area contributed by atoms with Crippen LogP contribution < -0.4 is 10.5 Å². The molecule has 0 amide bonds. The summed E-state index contributed by atoms with van der Waals surface area (Å²) >= 11 is 3.48. The average Bonchev–Trinajstić information content (AvgIpc) is 3.07. The van der Waals surface area contributed by atoms with Crippen LogP contribution in [-0.4, -0.2) is 27.2 Å². The van der Waals surface area contributed by atoms with Crippen molar-refractivity contribution in [2.45, 2.75) is 26.6 Å². The molecule has 0 aliphatic rings. The van der Waals surface area contributed by atoms with E-state index >= 15 is 0 Å². The van der Waals surface area contributed by atoms with Crippen molar-refractivity contribution in [1.82, 2.24) is 20.1 Å². The lowest BCUT2D eigenvalue weighted by Crippen LogP contribution is -2.05. The highest BCUT2D eigenvalue weighted by molar-refractivity contribution is 9.10. The fourth-order valence-corrected chi connectivity index (χ4v) is 2.84. The molecule has 0 aliphatic carbocycles. The van der Waals surface area contributed by atoms with Gasteiger partial charge in [0.25, 0.3) is 5.89 Å². The summed E-state index contributed by atoms with van der Waals surface area (Å²) in [7, 11) is 1.56.